The van der Waals surface area contributed by atoms with Gasteiger partial charge in [0.2, 0.25) is 8.52 Å². The summed E-state index contributed by atoms with van der Waals surface area (Å²) in [5.74, 6) is 0.748. The normalized spacial score (nSPS) is 27.7. The van der Waals surface area contributed by atoms with Gasteiger partial charge in [0.25, 0.3) is 5.26 Å². The first-order valence-electron chi connectivity index (χ1n) is 3.84. The molecule has 0 fully saturated rings. The van der Waals surface area contributed by atoms with E-state index in [0.717, 1.165) is 5.75 Å². The molecule has 2 rings (SSSR count). The van der Waals surface area contributed by atoms with Crippen molar-refractivity contribution in [2.75, 3.05) is 0 Å². The largest absolute Gasteiger partial charge is 0.597 e. The van der Waals surface area contributed by atoms with Crippen LogP contribution in [0.1, 0.15) is 0 Å². The molecule has 1 heterocycles. The van der Waals surface area contributed by atoms with E-state index < -0.39 is 13.4 Å². The van der Waals surface area contributed by atoms with Gasteiger partial charge >= 0.3 is 8.09 Å². The molecule has 0 saturated heterocycles. The predicted octanol–water partition coefficient (Wildman–Crippen LogP) is 6.20. The van der Waals surface area contributed by atoms with Crippen LogP contribution in [0.5, 0.6) is 5.75 Å². The van der Waals surface area contributed by atoms with Crippen molar-refractivity contribution < 1.29 is 4.52 Å². The summed E-state index contributed by atoms with van der Waals surface area (Å²) >= 11 is 9.26. The molecule has 2 unspecified atom stereocenters. The number of halogens is 2. The molecule has 4 nitrogen and oxygen atoms in total. The van der Waals surface area contributed by atoms with Crippen LogP contribution in [-0.2, 0) is 0 Å². The van der Waals surface area contributed by atoms with Gasteiger partial charge in [0.05, 0.1) is 0 Å². The van der Waals surface area contributed by atoms with E-state index in [1.165, 1.54) is 0 Å². The van der Waals surface area contributed by atoms with Crippen molar-refractivity contribution in [1.82, 2.24) is 0 Å². The first-order chi connectivity index (χ1) is 7.16. The van der Waals surface area contributed by atoms with E-state index in [0.29, 0.717) is 8.52 Å². The van der Waals surface area contributed by atoms with Crippen LogP contribution in [0.2, 0.25) is 0 Å². The highest BCUT2D eigenvalue weighted by molar-refractivity contribution is 9.43. The molecule has 9 heteroatoms. The fraction of sp³-hybridized carbons (Fsp3) is 0. The Morgan fingerprint density at radius 3 is 2.80 bits per heavy atom. The summed E-state index contributed by atoms with van der Waals surface area (Å²) in [5, 5.41) is -2.20. The molecule has 0 amide bonds. The minimum atomic E-state index is -2.20. The standard InChI is InChI=1S/C6H5BrClN3OP3/c7-15(8)10-13-9-14(11-15)12-6-4-2-1-3-5-6/h1-5H/q+1. The summed E-state index contributed by atoms with van der Waals surface area (Å²) in [4.78, 5) is 0. The van der Waals surface area contributed by atoms with Crippen molar-refractivity contribution in [2.45, 2.75) is 0 Å². The molecular formula is C6H5BrClN3OP3+. The Morgan fingerprint density at radius 2 is 2.13 bits per heavy atom. The van der Waals surface area contributed by atoms with Gasteiger partial charge in [0, 0.05) is 24.5 Å². The van der Waals surface area contributed by atoms with Gasteiger partial charge in [-0.2, -0.15) is 4.52 Å². The van der Waals surface area contributed by atoms with E-state index >= 15 is 0 Å². The smallest absolute Gasteiger partial charge is 0.247 e. The van der Waals surface area contributed by atoms with E-state index in [1.807, 2.05) is 30.3 Å². The fourth-order valence-corrected chi connectivity index (χ4v) is 6.69. The molecule has 78 valence electrons. The first kappa shape index (κ1) is 11.7. The molecule has 1 aromatic rings. The zero-order valence-electron chi connectivity index (χ0n) is 7.23. The van der Waals surface area contributed by atoms with Crippen LogP contribution in [0.15, 0.2) is 43.9 Å². The summed E-state index contributed by atoms with van der Waals surface area (Å²) in [6.45, 7) is 0. The minimum absolute atomic E-state index is 0.588. The Bertz CT molecular complexity index is 472. The lowest BCUT2D eigenvalue weighted by atomic mass is 10.3. The Kier molecular flexibility index (Phi) is 3.93. The zero-order chi connectivity index (χ0) is 10.7. The lowest BCUT2D eigenvalue weighted by molar-refractivity contribution is 0.624. The maximum absolute atomic E-state index is 6.00. The van der Waals surface area contributed by atoms with Crippen molar-refractivity contribution in [3.8, 4) is 5.75 Å². The average molecular weight is 343 g/mol. The Balaban J connectivity index is 2.19. The maximum atomic E-state index is 6.00. The number of para-hydroxylation sites is 1. The van der Waals surface area contributed by atoms with Gasteiger partial charge < -0.3 is 0 Å². The molecule has 0 aromatic heterocycles. The van der Waals surface area contributed by atoms with Gasteiger partial charge in [-0.05, 0) is 23.4 Å². The number of hydrogen-bond donors (Lipinski definition) is 0. The van der Waals surface area contributed by atoms with E-state index in [-0.39, 0.29) is 0 Å². The third kappa shape index (κ3) is 3.62. The predicted molar refractivity (Wildman–Crippen MR) is 69.9 cm³/mol. The Hall–Kier alpha value is 0.220. The van der Waals surface area contributed by atoms with Crippen LogP contribution >= 0.6 is 48.6 Å². The second-order valence-electron chi connectivity index (χ2n) is 2.47. The molecule has 0 spiro atoms. The zero-order valence-corrected chi connectivity index (χ0v) is 12.3. The average Bonchev–Trinajstić information content (AvgIpc) is 2.17. The monoisotopic (exact) mass is 342 g/mol. The van der Waals surface area contributed by atoms with Crippen molar-refractivity contribution in [3.63, 3.8) is 0 Å². The van der Waals surface area contributed by atoms with E-state index in [4.69, 9.17) is 15.8 Å². The van der Waals surface area contributed by atoms with Crippen molar-refractivity contribution in [2.24, 2.45) is 13.5 Å². The number of benzene rings is 1. The quantitative estimate of drug-likeness (QED) is 0.590. The molecule has 15 heavy (non-hydrogen) atoms. The molecular weight excluding hydrogens is 338 g/mol. The summed E-state index contributed by atoms with van der Waals surface area (Å²) in [6, 6.07) is 9.44. The first-order valence-corrected chi connectivity index (χ1v) is 10.4. The van der Waals surface area contributed by atoms with Crippen LogP contribution in [-0.4, -0.2) is 0 Å². The number of nitrogens with zero attached hydrogens (tertiary/aromatic N) is 3. The lowest BCUT2D eigenvalue weighted by Gasteiger charge is -1.97. The Morgan fingerprint density at radius 1 is 1.40 bits per heavy atom. The molecule has 0 saturated carbocycles. The van der Waals surface area contributed by atoms with Crippen LogP contribution in [0.3, 0.4) is 0 Å². The highest BCUT2D eigenvalue weighted by Crippen LogP contribution is 2.71. The topological polar surface area (TPSA) is 46.3 Å². The SMILES string of the molecule is ClP1(Br)=N[P+](Oc2ccccc2)=NP=N1. The van der Waals surface area contributed by atoms with E-state index in [9.17, 15) is 0 Å². The van der Waals surface area contributed by atoms with Crippen LogP contribution in [0, 0.1) is 0 Å². The van der Waals surface area contributed by atoms with E-state index in [2.05, 4.69) is 29.0 Å². The van der Waals surface area contributed by atoms with Crippen molar-refractivity contribution >= 4 is 48.6 Å². The van der Waals surface area contributed by atoms with Crippen molar-refractivity contribution in [1.29, 1.82) is 0 Å². The Labute approximate surface area is 103 Å². The van der Waals surface area contributed by atoms with Gasteiger partial charge in [0.1, 0.15) is 0 Å². The molecule has 1 aliphatic rings. The molecule has 0 aliphatic carbocycles. The highest BCUT2D eigenvalue weighted by atomic mass is 79.9. The lowest BCUT2D eigenvalue weighted by Crippen LogP contribution is -1.77. The van der Waals surface area contributed by atoms with Crippen LogP contribution < -0.4 is 4.52 Å². The second kappa shape index (κ2) is 5.03. The minimum Gasteiger partial charge on any atom is -0.247 e. The maximum Gasteiger partial charge on any atom is 0.597 e. The molecule has 1 aromatic carbocycles. The summed E-state index contributed by atoms with van der Waals surface area (Å²) < 4.78 is 17.9. The molecule has 0 radical (unpaired) electrons. The van der Waals surface area contributed by atoms with Crippen LogP contribution in [0.4, 0.5) is 0 Å². The molecule has 1 aliphatic heterocycles. The summed E-state index contributed by atoms with van der Waals surface area (Å²) in [6.07, 6.45) is 0. The van der Waals surface area contributed by atoms with Gasteiger partial charge in [-0.25, -0.2) is 4.52 Å². The van der Waals surface area contributed by atoms with Gasteiger partial charge in [-0.15, -0.1) is 0 Å². The highest BCUT2D eigenvalue weighted by Gasteiger charge is 2.27. The summed E-state index contributed by atoms with van der Waals surface area (Å²) in [5.41, 5.74) is 0. The van der Waals surface area contributed by atoms with Gasteiger partial charge in [-0.1, -0.05) is 18.2 Å². The fourth-order valence-electron chi connectivity index (χ4n) is 0.840. The third-order valence-electron chi connectivity index (χ3n) is 1.38. The van der Waals surface area contributed by atoms with Gasteiger partial charge in [0.15, 0.2) is 5.75 Å². The second-order valence-corrected chi connectivity index (χ2v) is 12.0. The molecule has 2 atom stereocenters. The van der Waals surface area contributed by atoms with Crippen LogP contribution in [0.25, 0.3) is 0 Å². The third-order valence-corrected chi connectivity index (χ3v) is 9.11. The number of rotatable bonds is 2. The van der Waals surface area contributed by atoms with E-state index in [1.54, 1.807) is 0 Å². The molecule has 0 N–H and O–H groups in total. The van der Waals surface area contributed by atoms with Gasteiger partial charge in [-0.3, -0.25) is 0 Å². The van der Waals surface area contributed by atoms with Crippen molar-refractivity contribution in [3.05, 3.63) is 30.3 Å². The molecule has 0 bridgehead atoms. The number of hydrogen-bond acceptors (Lipinski definition) is 4. The summed E-state index contributed by atoms with van der Waals surface area (Å²) in [7, 11) is -0.634.